The van der Waals surface area contributed by atoms with Gasteiger partial charge in [-0.25, -0.2) is 9.78 Å². The van der Waals surface area contributed by atoms with Crippen LogP contribution >= 0.6 is 11.3 Å². The summed E-state index contributed by atoms with van der Waals surface area (Å²) in [5, 5.41) is 14.3. The zero-order valence-electron chi connectivity index (χ0n) is 10.8. The second kappa shape index (κ2) is 6.49. The van der Waals surface area contributed by atoms with Crippen LogP contribution in [0, 0.1) is 5.92 Å². The topological polar surface area (TPSA) is 79.3 Å². The van der Waals surface area contributed by atoms with Crippen molar-refractivity contribution in [2.75, 3.05) is 0 Å². The molecule has 0 aliphatic carbocycles. The summed E-state index contributed by atoms with van der Waals surface area (Å²) in [6, 6.07) is -0.846. The summed E-state index contributed by atoms with van der Waals surface area (Å²) in [6.45, 7) is 5.52. The Hall–Kier alpha value is -1.43. The molecule has 100 valence electrons. The first kappa shape index (κ1) is 14.6. The molecule has 5 nitrogen and oxygen atoms in total. The maximum atomic E-state index is 11.7. The highest BCUT2D eigenvalue weighted by atomic mass is 32.1. The lowest BCUT2D eigenvalue weighted by molar-refractivity contribution is -0.143. The van der Waals surface area contributed by atoms with E-state index in [9.17, 15) is 9.59 Å². The highest BCUT2D eigenvalue weighted by Gasteiger charge is 2.23. The van der Waals surface area contributed by atoms with E-state index in [0.29, 0.717) is 5.69 Å². The Morgan fingerprint density at radius 2 is 2.17 bits per heavy atom. The number of carbonyl (C=O) groups is 2. The zero-order chi connectivity index (χ0) is 13.7. The highest BCUT2D eigenvalue weighted by molar-refractivity contribution is 7.09. The summed E-state index contributed by atoms with van der Waals surface area (Å²) in [7, 11) is 0. The number of carboxylic acids is 1. The summed E-state index contributed by atoms with van der Waals surface area (Å²) in [4.78, 5) is 26.9. The Labute approximate surface area is 110 Å². The van der Waals surface area contributed by atoms with Gasteiger partial charge >= 0.3 is 5.97 Å². The minimum atomic E-state index is -1.01. The number of aliphatic carboxylic acids is 1. The summed E-state index contributed by atoms with van der Waals surface area (Å²) in [5.74, 6) is -1.46. The first-order chi connectivity index (χ1) is 8.43. The molecular weight excluding hydrogens is 252 g/mol. The molecule has 0 aliphatic heterocycles. The van der Waals surface area contributed by atoms with E-state index in [2.05, 4.69) is 10.3 Å². The number of hydrogen-bond donors (Lipinski definition) is 2. The van der Waals surface area contributed by atoms with Gasteiger partial charge in [-0.15, -0.1) is 11.3 Å². The van der Waals surface area contributed by atoms with Crippen LogP contribution in [0.3, 0.4) is 0 Å². The van der Waals surface area contributed by atoms with Crippen LogP contribution in [-0.2, 0) is 22.4 Å². The molecule has 0 aliphatic rings. The molecule has 0 saturated carbocycles. The van der Waals surface area contributed by atoms with E-state index in [1.54, 1.807) is 13.8 Å². The molecule has 0 fully saturated rings. The summed E-state index contributed by atoms with van der Waals surface area (Å²) in [6.07, 6.45) is 0.975. The fraction of sp³-hybridized carbons (Fsp3) is 0.583. The molecule has 1 amide bonds. The lowest BCUT2D eigenvalue weighted by Gasteiger charge is -2.17. The smallest absolute Gasteiger partial charge is 0.326 e. The van der Waals surface area contributed by atoms with Crippen molar-refractivity contribution < 1.29 is 14.7 Å². The molecular formula is C12H18N2O3S. The lowest BCUT2D eigenvalue weighted by Crippen LogP contribution is -2.44. The molecule has 1 aromatic heterocycles. The van der Waals surface area contributed by atoms with Crippen LogP contribution in [0.2, 0.25) is 0 Å². The Bertz CT molecular complexity index is 429. The molecule has 1 aromatic rings. The molecule has 1 heterocycles. The fourth-order valence-electron chi connectivity index (χ4n) is 1.50. The maximum Gasteiger partial charge on any atom is 0.326 e. The number of amides is 1. The summed E-state index contributed by atoms with van der Waals surface area (Å²) < 4.78 is 0. The summed E-state index contributed by atoms with van der Waals surface area (Å²) in [5.41, 5.74) is 0.697. The van der Waals surface area contributed by atoms with Gasteiger partial charge in [-0.1, -0.05) is 20.8 Å². The zero-order valence-corrected chi connectivity index (χ0v) is 11.6. The minimum Gasteiger partial charge on any atom is -0.480 e. The van der Waals surface area contributed by atoms with Gasteiger partial charge in [0.25, 0.3) is 0 Å². The van der Waals surface area contributed by atoms with Gasteiger partial charge < -0.3 is 10.4 Å². The van der Waals surface area contributed by atoms with E-state index in [4.69, 9.17) is 5.11 Å². The van der Waals surface area contributed by atoms with Gasteiger partial charge in [0.2, 0.25) is 5.91 Å². The lowest BCUT2D eigenvalue weighted by atomic mass is 10.0. The van der Waals surface area contributed by atoms with E-state index in [-0.39, 0.29) is 18.2 Å². The van der Waals surface area contributed by atoms with E-state index in [1.807, 2.05) is 12.3 Å². The van der Waals surface area contributed by atoms with E-state index in [1.165, 1.54) is 11.3 Å². The molecule has 0 radical (unpaired) electrons. The van der Waals surface area contributed by atoms with Crippen LogP contribution in [-0.4, -0.2) is 28.0 Å². The molecule has 0 unspecified atom stereocenters. The van der Waals surface area contributed by atoms with E-state index < -0.39 is 12.0 Å². The number of aromatic nitrogens is 1. The van der Waals surface area contributed by atoms with Gasteiger partial charge in [-0.2, -0.15) is 0 Å². The fourth-order valence-corrected chi connectivity index (χ4v) is 2.24. The third-order valence-electron chi connectivity index (χ3n) is 2.49. The molecule has 2 N–H and O–H groups in total. The standard InChI is InChI=1S/C12H18N2O3S/c1-4-10-13-8(6-18-10)5-9(15)14-11(7(2)3)12(16)17/h6-7,11H,4-5H2,1-3H3,(H,14,15)(H,16,17)/t11-/m1/s1. The van der Waals surface area contributed by atoms with E-state index >= 15 is 0 Å². The molecule has 1 atom stereocenters. The van der Waals surface area contributed by atoms with Crippen LogP contribution in [0.25, 0.3) is 0 Å². The number of nitrogens with zero attached hydrogens (tertiary/aromatic N) is 1. The molecule has 6 heteroatoms. The third-order valence-corrected chi connectivity index (χ3v) is 3.53. The number of hydrogen-bond acceptors (Lipinski definition) is 4. The normalized spacial score (nSPS) is 12.4. The average molecular weight is 270 g/mol. The Morgan fingerprint density at radius 3 is 2.61 bits per heavy atom. The van der Waals surface area contributed by atoms with Crippen LogP contribution in [0.15, 0.2) is 5.38 Å². The second-order valence-electron chi connectivity index (χ2n) is 4.39. The first-order valence-electron chi connectivity index (χ1n) is 5.89. The highest BCUT2D eigenvalue weighted by Crippen LogP contribution is 2.11. The van der Waals surface area contributed by atoms with Gasteiger partial charge in [0.1, 0.15) is 6.04 Å². The van der Waals surface area contributed by atoms with Gasteiger partial charge in [-0.3, -0.25) is 4.79 Å². The van der Waals surface area contributed by atoms with Crippen molar-refractivity contribution >= 4 is 23.2 Å². The second-order valence-corrected chi connectivity index (χ2v) is 5.33. The van der Waals surface area contributed by atoms with Gasteiger partial charge in [0.05, 0.1) is 17.1 Å². The molecule has 0 bridgehead atoms. The number of carboxylic acid groups (broad SMARTS) is 1. The van der Waals surface area contributed by atoms with Crippen molar-refractivity contribution in [3.8, 4) is 0 Å². The summed E-state index contributed by atoms with van der Waals surface area (Å²) >= 11 is 1.52. The van der Waals surface area contributed by atoms with Gasteiger partial charge in [0.15, 0.2) is 0 Å². The van der Waals surface area contributed by atoms with Crippen LogP contribution in [0.1, 0.15) is 31.5 Å². The van der Waals surface area contributed by atoms with Crippen molar-refractivity contribution in [3.05, 3.63) is 16.1 Å². The number of thiazole rings is 1. The average Bonchev–Trinajstić information content (AvgIpc) is 2.72. The molecule has 1 rings (SSSR count). The quantitative estimate of drug-likeness (QED) is 0.820. The maximum absolute atomic E-state index is 11.7. The Balaban J connectivity index is 2.57. The van der Waals surface area contributed by atoms with Crippen molar-refractivity contribution in [3.63, 3.8) is 0 Å². The molecule has 18 heavy (non-hydrogen) atoms. The largest absolute Gasteiger partial charge is 0.480 e. The number of nitrogens with one attached hydrogen (secondary N) is 1. The first-order valence-corrected chi connectivity index (χ1v) is 6.77. The van der Waals surface area contributed by atoms with Gasteiger partial charge in [0, 0.05) is 5.38 Å². The molecule has 0 spiro atoms. The molecule has 0 aromatic carbocycles. The number of carbonyl (C=O) groups excluding carboxylic acids is 1. The van der Waals surface area contributed by atoms with Crippen molar-refractivity contribution in [1.82, 2.24) is 10.3 Å². The number of rotatable bonds is 6. The Kier molecular flexibility index (Phi) is 5.27. The van der Waals surface area contributed by atoms with Crippen LogP contribution in [0.4, 0.5) is 0 Å². The monoisotopic (exact) mass is 270 g/mol. The predicted octanol–water partition coefficient (Wildman–Crippen LogP) is 1.47. The molecule has 0 saturated heterocycles. The van der Waals surface area contributed by atoms with Crippen molar-refractivity contribution in [2.45, 2.75) is 39.7 Å². The van der Waals surface area contributed by atoms with Crippen LogP contribution < -0.4 is 5.32 Å². The third kappa shape index (κ3) is 4.10. The van der Waals surface area contributed by atoms with E-state index in [0.717, 1.165) is 11.4 Å². The predicted molar refractivity (Wildman–Crippen MR) is 69.6 cm³/mol. The van der Waals surface area contributed by atoms with Crippen molar-refractivity contribution in [1.29, 1.82) is 0 Å². The Morgan fingerprint density at radius 1 is 1.50 bits per heavy atom. The SMILES string of the molecule is CCc1nc(CC(=O)N[C@@H](C(=O)O)C(C)C)cs1. The van der Waals surface area contributed by atoms with Crippen molar-refractivity contribution in [2.24, 2.45) is 5.92 Å². The number of aryl methyl sites for hydroxylation is 1. The van der Waals surface area contributed by atoms with Gasteiger partial charge in [-0.05, 0) is 12.3 Å². The minimum absolute atomic E-state index is 0.132. The van der Waals surface area contributed by atoms with Crippen LogP contribution in [0.5, 0.6) is 0 Å².